The number of aromatic nitrogens is 2. The molecule has 1 aromatic carbocycles. The van der Waals surface area contributed by atoms with Gasteiger partial charge >= 0.3 is 12.1 Å². The summed E-state index contributed by atoms with van der Waals surface area (Å²) in [5.74, 6) is 0.993. The average Bonchev–Trinajstić information content (AvgIpc) is 3.15. The number of carbonyl (C=O) groups excluding carboxylic acids is 2. The van der Waals surface area contributed by atoms with Crippen molar-refractivity contribution >= 4 is 17.7 Å². The number of carbonyl (C=O) groups is 2. The summed E-state index contributed by atoms with van der Waals surface area (Å²) < 4.78 is 5.73. The molecular weight excluding hydrogens is 322 g/mol. The van der Waals surface area contributed by atoms with E-state index >= 15 is 0 Å². The Morgan fingerprint density at radius 2 is 2.08 bits per heavy atom. The number of hydrogen-bond donors (Lipinski definition) is 3. The van der Waals surface area contributed by atoms with Gasteiger partial charge in [-0.3, -0.25) is 0 Å². The van der Waals surface area contributed by atoms with E-state index in [2.05, 4.69) is 20.6 Å². The van der Waals surface area contributed by atoms with Gasteiger partial charge in [0.15, 0.2) is 0 Å². The monoisotopic (exact) mass is 343 g/mol. The van der Waals surface area contributed by atoms with Crippen LogP contribution < -0.4 is 20.3 Å². The van der Waals surface area contributed by atoms with Crippen LogP contribution in [0.25, 0.3) is 0 Å². The van der Waals surface area contributed by atoms with Crippen molar-refractivity contribution in [2.45, 2.75) is 18.8 Å². The molecule has 1 aliphatic rings. The molecule has 2 heterocycles. The lowest BCUT2D eigenvalue weighted by Gasteiger charge is -2.28. The molecule has 8 heteroatoms. The average molecular weight is 343 g/mol. The van der Waals surface area contributed by atoms with Gasteiger partial charge in [-0.15, -0.1) is 0 Å². The number of hydrogen-bond acceptors (Lipinski definition) is 4. The predicted octanol–water partition coefficient (Wildman–Crippen LogP) is 2.00. The zero-order valence-electron chi connectivity index (χ0n) is 14.2. The predicted molar refractivity (Wildman–Crippen MR) is 93.0 cm³/mol. The third-order valence-corrected chi connectivity index (χ3v) is 4.26. The minimum absolute atomic E-state index is 0.211. The Morgan fingerprint density at radius 3 is 2.72 bits per heavy atom. The van der Waals surface area contributed by atoms with E-state index in [4.69, 9.17) is 4.74 Å². The van der Waals surface area contributed by atoms with Crippen molar-refractivity contribution in [1.29, 1.82) is 0 Å². The number of fused-ring (bicyclic) bond motifs is 1. The molecule has 4 amide bonds. The van der Waals surface area contributed by atoms with Gasteiger partial charge < -0.3 is 20.4 Å². The number of rotatable bonds is 3. The first-order valence-corrected chi connectivity index (χ1v) is 8.12. The summed E-state index contributed by atoms with van der Waals surface area (Å²) in [6.07, 6.45) is 5.15. The Kier molecular flexibility index (Phi) is 4.87. The third kappa shape index (κ3) is 3.42. The highest BCUT2D eigenvalue weighted by Gasteiger charge is 2.27. The topological polar surface area (TPSA) is 99.4 Å². The second-order valence-corrected chi connectivity index (χ2v) is 5.77. The second-order valence-electron chi connectivity index (χ2n) is 5.77. The molecular formula is C17H21N5O3. The van der Waals surface area contributed by atoms with Gasteiger partial charge in [-0.25, -0.2) is 19.5 Å². The van der Waals surface area contributed by atoms with Gasteiger partial charge in [0.1, 0.15) is 5.75 Å². The molecule has 0 spiro atoms. The largest absolute Gasteiger partial charge is 0.493 e. The summed E-state index contributed by atoms with van der Waals surface area (Å²) >= 11 is 0. The van der Waals surface area contributed by atoms with Crippen LogP contribution in [-0.2, 0) is 6.42 Å². The molecule has 3 N–H and O–H groups in total. The molecule has 0 fully saturated rings. The molecule has 1 atom stereocenters. The summed E-state index contributed by atoms with van der Waals surface area (Å²) in [7, 11) is 2.97. The minimum Gasteiger partial charge on any atom is -0.493 e. The number of urea groups is 2. The molecule has 1 aromatic heterocycles. The molecule has 25 heavy (non-hydrogen) atoms. The van der Waals surface area contributed by atoms with Crippen LogP contribution in [0.4, 0.5) is 15.3 Å². The number of imide groups is 1. The number of aromatic amines is 1. The van der Waals surface area contributed by atoms with Crippen molar-refractivity contribution in [2.24, 2.45) is 0 Å². The molecule has 132 valence electrons. The van der Waals surface area contributed by atoms with Crippen LogP contribution >= 0.6 is 0 Å². The molecule has 0 aliphatic carbocycles. The Hall–Kier alpha value is -3.03. The third-order valence-electron chi connectivity index (χ3n) is 4.26. The lowest BCUT2D eigenvalue weighted by atomic mass is 9.89. The highest BCUT2D eigenvalue weighted by Crippen LogP contribution is 2.38. The highest BCUT2D eigenvalue weighted by molar-refractivity contribution is 6.13. The minimum atomic E-state index is -0.500. The summed E-state index contributed by atoms with van der Waals surface area (Å²) in [6.45, 7) is 0.635. The molecule has 0 radical (unpaired) electrons. The van der Waals surface area contributed by atoms with Gasteiger partial charge in [0.25, 0.3) is 0 Å². The Balaban J connectivity index is 1.95. The van der Waals surface area contributed by atoms with Crippen LogP contribution in [-0.4, -0.2) is 42.7 Å². The molecule has 2 aromatic rings. The van der Waals surface area contributed by atoms with Gasteiger partial charge in [-0.2, -0.15) is 0 Å². The summed E-state index contributed by atoms with van der Waals surface area (Å²) in [4.78, 5) is 32.6. The highest BCUT2D eigenvalue weighted by atomic mass is 16.5. The first-order valence-electron chi connectivity index (χ1n) is 8.12. The fraction of sp³-hybridized carbons (Fsp3) is 0.353. The van der Waals surface area contributed by atoms with Crippen molar-refractivity contribution in [1.82, 2.24) is 20.6 Å². The van der Waals surface area contributed by atoms with Gasteiger partial charge in [-0.1, -0.05) is 0 Å². The first kappa shape index (κ1) is 16.8. The van der Waals surface area contributed by atoms with Gasteiger partial charge in [0.2, 0.25) is 0 Å². The van der Waals surface area contributed by atoms with E-state index in [1.807, 2.05) is 12.3 Å². The van der Waals surface area contributed by atoms with E-state index in [1.54, 1.807) is 18.5 Å². The zero-order chi connectivity index (χ0) is 17.8. The quantitative estimate of drug-likeness (QED) is 0.794. The van der Waals surface area contributed by atoms with E-state index in [0.717, 1.165) is 34.7 Å². The molecule has 0 saturated carbocycles. The maximum Gasteiger partial charge on any atom is 0.329 e. The molecule has 3 rings (SSSR count). The molecule has 1 unspecified atom stereocenters. The maximum absolute atomic E-state index is 12.1. The number of anilines is 1. The molecule has 0 bridgehead atoms. The summed E-state index contributed by atoms with van der Waals surface area (Å²) in [6, 6.07) is 4.36. The van der Waals surface area contributed by atoms with Gasteiger partial charge in [0.05, 0.1) is 24.3 Å². The zero-order valence-corrected chi connectivity index (χ0v) is 14.2. The van der Waals surface area contributed by atoms with E-state index in [-0.39, 0.29) is 5.92 Å². The van der Waals surface area contributed by atoms with Crippen molar-refractivity contribution in [3.8, 4) is 5.75 Å². The SMILES string of the molecule is CNC(=O)N(C(=O)NC)c1ccc2c(c1)C(Cc1c[nH]cn1)CCO2. The van der Waals surface area contributed by atoms with Gasteiger partial charge in [-0.05, 0) is 42.5 Å². The Labute approximate surface area is 145 Å². The molecule has 1 aliphatic heterocycles. The Bertz CT molecular complexity index is 744. The van der Waals surface area contributed by atoms with Gasteiger partial charge in [0, 0.05) is 20.3 Å². The fourth-order valence-corrected chi connectivity index (χ4v) is 3.01. The number of H-pyrrole nitrogens is 1. The van der Waals surface area contributed by atoms with Crippen LogP contribution in [0.2, 0.25) is 0 Å². The lowest BCUT2D eigenvalue weighted by Crippen LogP contribution is -2.47. The number of benzene rings is 1. The number of amides is 4. The lowest BCUT2D eigenvalue weighted by molar-refractivity contribution is 0.236. The van der Waals surface area contributed by atoms with Crippen molar-refractivity contribution in [3.63, 3.8) is 0 Å². The second kappa shape index (κ2) is 7.25. The summed E-state index contributed by atoms with van der Waals surface area (Å²) in [5.41, 5.74) is 2.44. The van der Waals surface area contributed by atoms with E-state index in [1.165, 1.54) is 14.1 Å². The Morgan fingerprint density at radius 1 is 1.32 bits per heavy atom. The van der Waals surface area contributed by atoms with Crippen LogP contribution in [0, 0.1) is 0 Å². The van der Waals surface area contributed by atoms with E-state index < -0.39 is 12.1 Å². The first-order chi connectivity index (χ1) is 12.1. The van der Waals surface area contributed by atoms with Crippen molar-refractivity contribution in [3.05, 3.63) is 42.0 Å². The number of nitrogens with one attached hydrogen (secondary N) is 3. The number of imidazole rings is 1. The van der Waals surface area contributed by atoms with Crippen LogP contribution in [0.5, 0.6) is 5.75 Å². The standard InChI is InChI=1S/C17H21N5O3/c1-18-16(23)22(17(24)19-2)13-3-4-15-14(8-13)11(5-6-25-15)7-12-9-20-10-21-12/h3-4,8-11H,5-7H2,1-2H3,(H,18,23)(H,19,24)(H,20,21). The number of nitrogens with zero attached hydrogens (tertiary/aromatic N) is 2. The van der Waals surface area contributed by atoms with E-state index in [0.29, 0.717) is 12.3 Å². The summed E-state index contributed by atoms with van der Waals surface area (Å²) in [5, 5.41) is 4.97. The van der Waals surface area contributed by atoms with E-state index in [9.17, 15) is 9.59 Å². The molecule has 8 nitrogen and oxygen atoms in total. The van der Waals surface area contributed by atoms with Crippen LogP contribution in [0.3, 0.4) is 0 Å². The normalized spacial score (nSPS) is 15.7. The van der Waals surface area contributed by atoms with Crippen molar-refractivity contribution < 1.29 is 14.3 Å². The van der Waals surface area contributed by atoms with Crippen molar-refractivity contribution in [2.75, 3.05) is 25.6 Å². The van der Waals surface area contributed by atoms with Crippen LogP contribution in [0.1, 0.15) is 23.6 Å². The van der Waals surface area contributed by atoms with Crippen LogP contribution in [0.15, 0.2) is 30.7 Å². The molecule has 0 saturated heterocycles. The fourth-order valence-electron chi connectivity index (χ4n) is 3.01. The number of ether oxygens (including phenoxy) is 1. The maximum atomic E-state index is 12.1. The smallest absolute Gasteiger partial charge is 0.329 e.